The molecule has 1 fully saturated rings. The number of hydrogen-bond donors (Lipinski definition) is 1. The third kappa shape index (κ3) is 6.09. The maximum atomic E-state index is 13.0. The number of aliphatic imine (C=N–C) groups is 1. The van der Waals surface area contributed by atoms with Crippen LogP contribution in [0.2, 0.25) is 5.02 Å². The van der Waals surface area contributed by atoms with Crippen molar-refractivity contribution in [1.29, 1.82) is 0 Å². The van der Waals surface area contributed by atoms with Crippen molar-refractivity contribution in [3.8, 4) is 0 Å². The van der Waals surface area contributed by atoms with E-state index in [2.05, 4.69) is 44.3 Å². The van der Waals surface area contributed by atoms with Gasteiger partial charge in [0.1, 0.15) is 11.7 Å². The molecule has 0 bridgehead atoms. The number of alkyl halides is 3. The number of piperazine rings is 1. The van der Waals surface area contributed by atoms with Crippen molar-refractivity contribution in [1.82, 2.24) is 19.6 Å². The number of nitrogens with zero attached hydrogens (tertiary/aromatic N) is 5. The van der Waals surface area contributed by atoms with Gasteiger partial charge in [-0.2, -0.15) is 13.2 Å². The molecule has 0 amide bonds. The van der Waals surface area contributed by atoms with Gasteiger partial charge in [0.15, 0.2) is 6.29 Å². The second-order valence-electron chi connectivity index (χ2n) is 8.98. The van der Waals surface area contributed by atoms with E-state index in [1.807, 2.05) is 38.2 Å². The van der Waals surface area contributed by atoms with Crippen molar-refractivity contribution < 1.29 is 13.2 Å². The van der Waals surface area contributed by atoms with Gasteiger partial charge in [-0.1, -0.05) is 41.9 Å². The minimum absolute atomic E-state index is 0.00710. The first-order valence-electron chi connectivity index (χ1n) is 11.5. The Labute approximate surface area is 209 Å². The zero-order chi connectivity index (χ0) is 25.2. The molecule has 0 aromatic heterocycles. The molecule has 0 aliphatic carbocycles. The summed E-state index contributed by atoms with van der Waals surface area (Å²) in [6.07, 6.45) is -2.82. The fraction of sp³-hybridized carbons (Fsp3) is 0.400. The van der Waals surface area contributed by atoms with Crippen LogP contribution >= 0.6 is 11.6 Å². The normalized spacial score (nSPS) is 19.9. The Morgan fingerprint density at radius 2 is 1.74 bits per heavy atom. The molecule has 0 saturated carbocycles. The summed E-state index contributed by atoms with van der Waals surface area (Å²) < 4.78 is 39.0. The van der Waals surface area contributed by atoms with Gasteiger partial charge >= 0.3 is 6.18 Å². The van der Waals surface area contributed by atoms with E-state index in [-0.39, 0.29) is 11.3 Å². The molecule has 2 aliphatic rings. The average molecular weight is 507 g/mol. The van der Waals surface area contributed by atoms with Gasteiger partial charge in [0.25, 0.3) is 0 Å². The van der Waals surface area contributed by atoms with Crippen LogP contribution in [0.4, 0.5) is 18.9 Å². The molecule has 188 valence electrons. The van der Waals surface area contributed by atoms with Crippen LogP contribution in [0.25, 0.3) is 0 Å². The fourth-order valence-electron chi connectivity index (χ4n) is 4.36. The first-order valence-corrected chi connectivity index (χ1v) is 11.8. The molecule has 2 heterocycles. The summed E-state index contributed by atoms with van der Waals surface area (Å²) >= 11 is 6.17. The maximum absolute atomic E-state index is 13.0. The van der Waals surface area contributed by atoms with E-state index in [1.54, 1.807) is 0 Å². The monoisotopic (exact) mass is 506 g/mol. The number of rotatable bonds is 5. The van der Waals surface area contributed by atoms with Gasteiger partial charge in [-0.25, -0.2) is 4.99 Å². The zero-order valence-electron chi connectivity index (χ0n) is 20.1. The van der Waals surface area contributed by atoms with Gasteiger partial charge in [0.2, 0.25) is 0 Å². The molecule has 4 rings (SSSR count). The van der Waals surface area contributed by atoms with Crippen LogP contribution in [0.3, 0.4) is 0 Å². The van der Waals surface area contributed by atoms with E-state index in [1.165, 1.54) is 11.6 Å². The van der Waals surface area contributed by atoms with E-state index in [0.717, 1.165) is 50.7 Å². The molecule has 10 heteroatoms. The first kappa shape index (κ1) is 25.3. The highest BCUT2D eigenvalue weighted by molar-refractivity contribution is 6.34. The highest BCUT2D eigenvalue weighted by Gasteiger charge is 2.32. The first-order chi connectivity index (χ1) is 16.6. The molecule has 35 heavy (non-hydrogen) atoms. The Kier molecular flexibility index (Phi) is 7.59. The van der Waals surface area contributed by atoms with E-state index in [0.29, 0.717) is 11.5 Å². The molecule has 1 N–H and O–H groups in total. The molecule has 1 unspecified atom stereocenters. The highest BCUT2D eigenvalue weighted by Crippen LogP contribution is 2.34. The summed E-state index contributed by atoms with van der Waals surface area (Å²) in [5, 5.41) is 3.12. The van der Waals surface area contributed by atoms with Crippen LogP contribution in [0.5, 0.6) is 0 Å². The van der Waals surface area contributed by atoms with Gasteiger partial charge in [-0.05, 0) is 23.8 Å². The maximum Gasteiger partial charge on any atom is 0.416 e. The van der Waals surface area contributed by atoms with Gasteiger partial charge in [-0.15, -0.1) is 0 Å². The van der Waals surface area contributed by atoms with Crippen molar-refractivity contribution >= 4 is 23.1 Å². The summed E-state index contributed by atoms with van der Waals surface area (Å²) in [5.74, 6) is 1.48. The lowest BCUT2D eigenvalue weighted by atomic mass is 10.2. The standard InChI is InChI=1S/C25H30ClF3N6/c1-32(2)23-16-22(30-21-10-9-19(15-20(21)26)25(27,28)29)31-24(33(23)3)35-13-11-34(12-14-35)17-18-7-5-4-6-8-18/h4-10,15-16,24H,11-14,17H2,1-3H3,(H,30,31). The Morgan fingerprint density at radius 3 is 2.34 bits per heavy atom. The van der Waals surface area contributed by atoms with Gasteiger partial charge in [-0.3, -0.25) is 9.80 Å². The predicted octanol–water partition coefficient (Wildman–Crippen LogP) is 4.62. The van der Waals surface area contributed by atoms with Crippen LogP contribution in [0.15, 0.2) is 65.4 Å². The second kappa shape index (κ2) is 10.5. The topological polar surface area (TPSA) is 37.4 Å². The third-order valence-corrected chi connectivity index (χ3v) is 6.54. The Bertz CT molecular complexity index is 1080. The molecule has 1 atom stereocenters. The van der Waals surface area contributed by atoms with Crippen LogP contribution in [0, 0.1) is 0 Å². The van der Waals surface area contributed by atoms with E-state index >= 15 is 0 Å². The van der Waals surface area contributed by atoms with Gasteiger partial charge < -0.3 is 15.1 Å². The molecule has 2 aliphatic heterocycles. The molecule has 6 nitrogen and oxygen atoms in total. The van der Waals surface area contributed by atoms with Gasteiger partial charge in [0.05, 0.1) is 16.3 Å². The van der Waals surface area contributed by atoms with E-state index < -0.39 is 11.7 Å². The molecule has 2 aromatic rings. The van der Waals surface area contributed by atoms with Crippen molar-refractivity contribution in [3.63, 3.8) is 0 Å². The lowest BCUT2D eigenvalue weighted by Gasteiger charge is -2.44. The Balaban J connectivity index is 1.49. The van der Waals surface area contributed by atoms with Crippen molar-refractivity contribution in [2.75, 3.05) is 52.6 Å². The lowest BCUT2D eigenvalue weighted by molar-refractivity contribution is -0.137. The summed E-state index contributed by atoms with van der Waals surface area (Å²) in [6, 6.07) is 13.7. The largest absolute Gasteiger partial charge is 0.416 e. The summed E-state index contributed by atoms with van der Waals surface area (Å²) in [7, 11) is 5.90. The number of amidine groups is 1. The summed E-state index contributed by atoms with van der Waals surface area (Å²) in [6.45, 7) is 4.45. The van der Waals surface area contributed by atoms with Crippen molar-refractivity contribution in [2.45, 2.75) is 19.0 Å². The van der Waals surface area contributed by atoms with Crippen LogP contribution in [-0.4, -0.2) is 79.0 Å². The smallest absolute Gasteiger partial charge is 0.364 e. The SMILES string of the molecule is CN(C)C1=CC(Nc2ccc(C(F)(F)F)cc2Cl)=NC(N2CCN(Cc3ccccc3)CC2)N1C. The number of benzene rings is 2. The molecular formula is C25H30ClF3N6. The lowest BCUT2D eigenvalue weighted by Crippen LogP contribution is -2.56. The predicted molar refractivity (Wildman–Crippen MR) is 134 cm³/mol. The van der Waals surface area contributed by atoms with Crippen molar-refractivity contribution in [2.24, 2.45) is 4.99 Å². The van der Waals surface area contributed by atoms with Crippen LogP contribution in [0.1, 0.15) is 11.1 Å². The minimum atomic E-state index is -4.45. The summed E-state index contributed by atoms with van der Waals surface area (Å²) in [4.78, 5) is 13.7. The highest BCUT2D eigenvalue weighted by atomic mass is 35.5. The van der Waals surface area contributed by atoms with Crippen LogP contribution < -0.4 is 5.32 Å². The molecule has 0 spiro atoms. The van der Waals surface area contributed by atoms with E-state index in [4.69, 9.17) is 16.6 Å². The molecular weight excluding hydrogens is 477 g/mol. The second-order valence-corrected chi connectivity index (χ2v) is 9.39. The number of anilines is 1. The van der Waals surface area contributed by atoms with E-state index in [9.17, 15) is 13.2 Å². The molecule has 1 saturated heterocycles. The molecule has 2 aromatic carbocycles. The Hall–Kier alpha value is -2.75. The van der Waals surface area contributed by atoms with Gasteiger partial charge in [0, 0.05) is 59.9 Å². The summed E-state index contributed by atoms with van der Waals surface area (Å²) in [5.41, 5.74) is 0.893. The molecule has 0 radical (unpaired) electrons. The number of nitrogens with one attached hydrogen (secondary N) is 1. The van der Waals surface area contributed by atoms with Crippen LogP contribution in [-0.2, 0) is 12.7 Å². The quantitative estimate of drug-likeness (QED) is 0.640. The average Bonchev–Trinajstić information content (AvgIpc) is 2.82. The number of halogens is 4. The number of hydrogen-bond acceptors (Lipinski definition) is 6. The van der Waals surface area contributed by atoms with Crippen molar-refractivity contribution in [3.05, 3.63) is 76.6 Å². The fourth-order valence-corrected chi connectivity index (χ4v) is 4.58. The minimum Gasteiger partial charge on any atom is -0.364 e. The Morgan fingerprint density at radius 1 is 1.06 bits per heavy atom. The third-order valence-electron chi connectivity index (χ3n) is 6.23. The zero-order valence-corrected chi connectivity index (χ0v) is 20.8.